The van der Waals surface area contributed by atoms with E-state index in [4.69, 9.17) is 10.3 Å². The summed E-state index contributed by atoms with van der Waals surface area (Å²) < 4.78 is 5.26. The van der Waals surface area contributed by atoms with Crippen molar-refractivity contribution < 1.29 is 4.74 Å². The molecule has 1 rings (SSSR count). The maximum absolute atomic E-state index is 8.10. The Morgan fingerprint density at radius 3 is 2.50 bits per heavy atom. The van der Waals surface area contributed by atoms with Crippen molar-refractivity contribution in [3.63, 3.8) is 0 Å². The van der Waals surface area contributed by atoms with Crippen LogP contribution in [0.1, 0.15) is 12.5 Å². The predicted octanol–water partition coefficient (Wildman–Crippen LogP) is 2.51. The van der Waals surface area contributed by atoms with E-state index in [1.54, 1.807) is 0 Å². The SMILES string of the molecule is CCOc1ccc(CN=[N+]=[N-])cc1.[B]. The molecule has 0 bridgehead atoms. The maximum atomic E-state index is 8.10. The summed E-state index contributed by atoms with van der Waals surface area (Å²) >= 11 is 0. The fraction of sp³-hybridized carbons (Fsp3) is 0.333. The molecule has 0 aromatic heterocycles. The number of hydrogen-bond donors (Lipinski definition) is 0. The summed E-state index contributed by atoms with van der Waals surface area (Å²) in [5.41, 5.74) is 9.09. The normalized spacial score (nSPS) is 8.36. The zero-order chi connectivity index (χ0) is 9.52. The molecule has 0 atom stereocenters. The van der Waals surface area contributed by atoms with Gasteiger partial charge in [-0.15, -0.1) is 0 Å². The van der Waals surface area contributed by atoms with Gasteiger partial charge in [-0.05, 0) is 30.2 Å². The number of ether oxygens (including phenoxy) is 1. The summed E-state index contributed by atoms with van der Waals surface area (Å²) in [6.07, 6.45) is 0. The van der Waals surface area contributed by atoms with Crippen LogP contribution >= 0.6 is 0 Å². The molecular weight excluding hydrogens is 177 g/mol. The van der Waals surface area contributed by atoms with Gasteiger partial charge >= 0.3 is 0 Å². The van der Waals surface area contributed by atoms with Gasteiger partial charge in [0.15, 0.2) is 0 Å². The van der Waals surface area contributed by atoms with Crippen LogP contribution in [0, 0.1) is 0 Å². The van der Waals surface area contributed by atoms with E-state index in [1.165, 1.54) is 0 Å². The maximum Gasteiger partial charge on any atom is 0.119 e. The highest BCUT2D eigenvalue weighted by Crippen LogP contribution is 2.12. The van der Waals surface area contributed by atoms with Crippen molar-refractivity contribution in [2.45, 2.75) is 13.5 Å². The molecular formula is C9H11BN3O. The Kier molecular flexibility index (Phi) is 6.08. The molecule has 0 saturated heterocycles. The molecule has 0 spiro atoms. The van der Waals surface area contributed by atoms with Gasteiger partial charge < -0.3 is 4.74 Å². The highest BCUT2D eigenvalue weighted by atomic mass is 16.5. The van der Waals surface area contributed by atoms with E-state index >= 15 is 0 Å². The fourth-order valence-electron chi connectivity index (χ4n) is 0.971. The molecule has 1 aromatic rings. The zero-order valence-corrected chi connectivity index (χ0v) is 8.05. The highest BCUT2D eigenvalue weighted by Gasteiger charge is 1.92. The minimum Gasteiger partial charge on any atom is -0.494 e. The average molecular weight is 188 g/mol. The number of benzene rings is 1. The monoisotopic (exact) mass is 188 g/mol. The summed E-state index contributed by atoms with van der Waals surface area (Å²) in [4.78, 5) is 2.68. The van der Waals surface area contributed by atoms with Crippen molar-refractivity contribution in [2.24, 2.45) is 5.11 Å². The summed E-state index contributed by atoms with van der Waals surface area (Å²) in [7, 11) is 0. The van der Waals surface area contributed by atoms with Crippen LogP contribution in [0.15, 0.2) is 29.4 Å². The third-order valence-corrected chi connectivity index (χ3v) is 1.55. The number of azide groups is 1. The Hall–Kier alpha value is -1.61. The minimum absolute atomic E-state index is 0. The molecule has 71 valence electrons. The number of nitrogens with zero attached hydrogens (tertiary/aromatic N) is 3. The zero-order valence-electron chi connectivity index (χ0n) is 8.05. The molecule has 0 N–H and O–H groups in total. The van der Waals surface area contributed by atoms with Crippen molar-refractivity contribution in [1.82, 2.24) is 0 Å². The van der Waals surface area contributed by atoms with Gasteiger partial charge in [0.05, 0.1) is 13.2 Å². The first-order valence-electron chi connectivity index (χ1n) is 4.09. The summed E-state index contributed by atoms with van der Waals surface area (Å²) in [5, 5.41) is 3.46. The van der Waals surface area contributed by atoms with Crippen molar-refractivity contribution in [3.8, 4) is 5.75 Å². The van der Waals surface area contributed by atoms with E-state index in [2.05, 4.69) is 10.0 Å². The van der Waals surface area contributed by atoms with Crippen molar-refractivity contribution in [3.05, 3.63) is 40.3 Å². The summed E-state index contributed by atoms with van der Waals surface area (Å²) in [6, 6.07) is 7.51. The first-order chi connectivity index (χ1) is 6.36. The quantitative estimate of drug-likeness (QED) is 0.310. The molecule has 0 saturated carbocycles. The lowest BCUT2D eigenvalue weighted by molar-refractivity contribution is 0.340. The van der Waals surface area contributed by atoms with Crippen LogP contribution in [0.25, 0.3) is 10.4 Å². The van der Waals surface area contributed by atoms with Crippen molar-refractivity contribution in [2.75, 3.05) is 6.61 Å². The largest absolute Gasteiger partial charge is 0.494 e. The van der Waals surface area contributed by atoms with Gasteiger partial charge in [0, 0.05) is 13.3 Å². The molecule has 1 aromatic carbocycles. The Morgan fingerprint density at radius 1 is 1.36 bits per heavy atom. The lowest BCUT2D eigenvalue weighted by Gasteiger charge is -2.02. The standard InChI is InChI=1S/C9H11N3O.B/c1-2-13-9-5-3-8(4-6-9)7-11-12-10;/h3-6H,2,7H2,1H3;. The van der Waals surface area contributed by atoms with Gasteiger partial charge in [0.2, 0.25) is 0 Å². The fourth-order valence-corrected chi connectivity index (χ4v) is 0.971. The third kappa shape index (κ3) is 3.87. The van der Waals surface area contributed by atoms with E-state index in [1.807, 2.05) is 31.2 Å². The Balaban J connectivity index is 0.00000169. The minimum atomic E-state index is 0. The molecule has 0 heterocycles. The molecule has 4 nitrogen and oxygen atoms in total. The van der Waals surface area contributed by atoms with Crippen LogP contribution in [0.2, 0.25) is 0 Å². The topological polar surface area (TPSA) is 58.0 Å². The Morgan fingerprint density at radius 2 is 2.00 bits per heavy atom. The van der Waals surface area contributed by atoms with E-state index < -0.39 is 0 Å². The number of hydrogen-bond acceptors (Lipinski definition) is 2. The first-order valence-corrected chi connectivity index (χ1v) is 4.09. The third-order valence-electron chi connectivity index (χ3n) is 1.55. The van der Waals surface area contributed by atoms with Gasteiger partial charge in [-0.3, -0.25) is 0 Å². The second-order valence-electron chi connectivity index (χ2n) is 2.47. The molecule has 0 aliphatic carbocycles. The van der Waals surface area contributed by atoms with Gasteiger partial charge in [0.1, 0.15) is 5.75 Å². The van der Waals surface area contributed by atoms with E-state index in [-0.39, 0.29) is 8.41 Å². The first kappa shape index (κ1) is 12.4. The summed E-state index contributed by atoms with van der Waals surface area (Å²) in [5.74, 6) is 0.840. The van der Waals surface area contributed by atoms with Crippen LogP contribution in [-0.2, 0) is 6.54 Å². The van der Waals surface area contributed by atoms with Crippen LogP contribution in [0.3, 0.4) is 0 Å². The number of rotatable bonds is 4. The molecule has 14 heavy (non-hydrogen) atoms. The lowest BCUT2D eigenvalue weighted by atomic mass is 10.2. The smallest absolute Gasteiger partial charge is 0.119 e. The van der Waals surface area contributed by atoms with Gasteiger partial charge in [0.25, 0.3) is 0 Å². The van der Waals surface area contributed by atoms with Crippen LogP contribution < -0.4 is 4.74 Å². The Labute approximate surface area is 85.1 Å². The van der Waals surface area contributed by atoms with Gasteiger partial charge in [-0.2, -0.15) is 0 Å². The van der Waals surface area contributed by atoms with Crippen LogP contribution in [0.4, 0.5) is 0 Å². The van der Waals surface area contributed by atoms with Gasteiger partial charge in [-0.25, -0.2) is 0 Å². The molecule has 0 aliphatic heterocycles. The van der Waals surface area contributed by atoms with Gasteiger partial charge in [-0.1, -0.05) is 17.2 Å². The van der Waals surface area contributed by atoms with Crippen LogP contribution in [0.5, 0.6) is 5.75 Å². The van der Waals surface area contributed by atoms with E-state index in [0.29, 0.717) is 13.2 Å². The summed E-state index contributed by atoms with van der Waals surface area (Å²) in [6.45, 7) is 2.99. The molecule has 3 radical (unpaired) electrons. The van der Waals surface area contributed by atoms with Crippen LogP contribution in [-0.4, -0.2) is 15.0 Å². The van der Waals surface area contributed by atoms with Crippen molar-refractivity contribution >= 4 is 8.41 Å². The molecule has 0 unspecified atom stereocenters. The van der Waals surface area contributed by atoms with E-state index in [9.17, 15) is 0 Å². The van der Waals surface area contributed by atoms with E-state index in [0.717, 1.165) is 11.3 Å². The Bertz CT molecular complexity index is 306. The molecule has 0 amide bonds. The van der Waals surface area contributed by atoms with Crippen molar-refractivity contribution in [1.29, 1.82) is 0 Å². The average Bonchev–Trinajstić information content (AvgIpc) is 2.17. The lowest BCUT2D eigenvalue weighted by Crippen LogP contribution is -1.91. The second-order valence-corrected chi connectivity index (χ2v) is 2.47. The molecule has 0 fully saturated rings. The predicted molar refractivity (Wildman–Crippen MR) is 56.2 cm³/mol. The molecule has 5 heteroatoms. The molecule has 0 aliphatic rings. The second kappa shape index (κ2) is 6.86. The highest BCUT2D eigenvalue weighted by molar-refractivity contribution is 5.75.